The molecule has 21 heavy (non-hydrogen) atoms. The van der Waals surface area contributed by atoms with E-state index in [0.717, 1.165) is 24.1 Å². The summed E-state index contributed by atoms with van der Waals surface area (Å²) in [6.07, 6.45) is 15.3. The Morgan fingerprint density at radius 2 is 2.10 bits per heavy atom. The van der Waals surface area contributed by atoms with Crippen LogP contribution < -0.4 is 0 Å². The Hall–Kier alpha value is -2.21. The van der Waals surface area contributed by atoms with Gasteiger partial charge in [-0.1, -0.05) is 31.9 Å². The molecule has 0 amide bonds. The molecule has 0 aromatic carbocycles. The van der Waals surface area contributed by atoms with Crippen LogP contribution in [0.25, 0.3) is 0 Å². The highest BCUT2D eigenvalue weighted by atomic mass is 14.7. The van der Waals surface area contributed by atoms with Gasteiger partial charge in [-0.05, 0) is 51.1 Å². The van der Waals surface area contributed by atoms with Crippen molar-refractivity contribution in [3.63, 3.8) is 0 Å². The van der Waals surface area contributed by atoms with Gasteiger partial charge in [0.15, 0.2) is 0 Å². The highest BCUT2D eigenvalue weighted by molar-refractivity contribution is 5.79. The zero-order chi connectivity index (χ0) is 15.9. The SMILES string of the molecule is C=N\C=C(/C=N\C(C)=C/C(C#N)=C\C=C\C)CCCCC. The lowest BCUT2D eigenvalue weighted by Gasteiger charge is -2.00. The highest BCUT2D eigenvalue weighted by Crippen LogP contribution is 2.09. The molecule has 0 aromatic heterocycles. The van der Waals surface area contributed by atoms with Crippen LogP contribution in [-0.4, -0.2) is 12.9 Å². The van der Waals surface area contributed by atoms with Crippen molar-refractivity contribution in [1.29, 1.82) is 5.26 Å². The van der Waals surface area contributed by atoms with Gasteiger partial charge in [-0.3, -0.25) is 9.98 Å². The van der Waals surface area contributed by atoms with E-state index in [1.54, 1.807) is 24.6 Å². The largest absolute Gasteiger partial charge is 0.272 e. The number of hydrogen-bond acceptors (Lipinski definition) is 3. The van der Waals surface area contributed by atoms with E-state index in [2.05, 4.69) is 29.7 Å². The number of aliphatic imine (C=N–C) groups is 2. The predicted molar refractivity (Wildman–Crippen MR) is 92.5 cm³/mol. The van der Waals surface area contributed by atoms with Crippen LogP contribution in [0.1, 0.15) is 46.5 Å². The quantitative estimate of drug-likeness (QED) is 0.250. The standard InChI is InChI=1S/C18H25N3/c1-5-7-9-11-18(14-20-4)15-21-16(3)12-17(13-19)10-8-6-2/h6,8,10,12,14-15H,4-5,7,9,11H2,1-3H3/b8-6+,16-12-,17-10+,18-14-,21-15-. The molecule has 0 bridgehead atoms. The summed E-state index contributed by atoms with van der Waals surface area (Å²) in [5, 5.41) is 9.02. The maximum Gasteiger partial charge on any atom is 0.0992 e. The number of allylic oxidation sites excluding steroid dienone is 7. The number of unbranched alkanes of at least 4 members (excludes halogenated alkanes) is 2. The maximum atomic E-state index is 9.02. The molecule has 0 spiro atoms. The maximum absolute atomic E-state index is 9.02. The molecule has 0 atom stereocenters. The first-order chi connectivity index (χ1) is 10.2. The first kappa shape index (κ1) is 18.8. The summed E-state index contributed by atoms with van der Waals surface area (Å²) in [6, 6.07) is 2.14. The molecule has 0 heterocycles. The van der Waals surface area contributed by atoms with Crippen LogP contribution in [0.4, 0.5) is 0 Å². The van der Waals surface area contributed by atoms with Gasteiger partial charge in [0.1, 0.15) is 0 Å². The van der Waals surface area contributed by atoms with Gasteiger partial charge < -0.3 is 0 Å². The fraction of sp³-hybridized carbons (Fsp3) is 0.389. The average Bonchev–Trinajstić information content (AvgIpc) is 2.49. The van der Waals surface area contributed by atoms with E-state index >= 15 is 0 Å². The molecular weight excluding hydrogens is 258 g/mol. The molecule has 3 nitrogen and oxygen atoms in total. The minimum absolute atomic E-state index is 0.584. The van der Waals surface area contributed by atoms with Gasteiger partial charge in [0.05, 0.1) is 11.6 Å². The first-order valence-electron chi connectivity index (χ1n) is 7.28. The van der Waals surface area contributed by atoms with E-state index in [4.69, 9.17) is 5.26 Å². The normalized spacial score (nSPS) is 13.9. The molecular formula is C18H25N3. The fourth-order valence-electron chi connectivity index (χ4n) is 1.62. The van der Waals surface area contributed by atoms with Crippen LogP contribution in [0.15, 0.2) is 57.3 Å². The molecule has 0 rings (SSSR count). The lowest BCUT2D eigenvalue weighted by molar-refractivity contribution is 0.722. The van der Waals surface area contributed by atoms with Gasteiger partial charge in [0.2, 0.25) is 0 Å². The molecule has 0 aliphatic heterocycles. The van der Waals surface area contributed by atoms with Crippen molar-refractivity contribution in [1.82, 2.24) is 0 Å². The molecule has 0 saturated carbocycles. The van der Waals surface area contributed by atoms with E-state index < -0.39 is 0 Å². The van der Waals surface area contributed by atoms with Crippen LogP contribution in [-0.2, 0) is 0 Å². The summed E-state index contributed by atoms with van der Waals surface area (Å²) in [5.74, 6) is 0. The second kappa shape index (κ2) is 12.8. The van der Waals surface area contributed by atoms with Crippen LogP contribution in [0.5, 0.6) is 0 Å². The number of nitriles is 1. The summed E-state index contributed by atoms with van der Waals surface area (Å²) in [6.45, 7) is 9.46. The van der Waals surface area contributed by atoms with Gasteiger partial charge in [0, 0.05) is 18.1 Å². The van der Waals surface area contributed by atoms with Gasteiger partial charge in [-0.25, -0.2) is 0 Å². The summed E-state index contributed by atoms with van der Waals surface area (Å²) in [7, 11) is 0. The average molecular weight is 283 g/mol. The molecule has 0 unspecified atom stereocenters. The lowest BCUT2D eigenvalue weighted by Crippen LogP contribution is -1.87. The van der Waals surface area contributed by atoms with E-state index in [1.807, 2.05) is 26.0 Å². The van der Waals surface area contributed by atoms with Crippen LogP contribution in [0.3, 0.4) is 0 Å². The van der Waals surface area contributed by atoms with Crippen molar-refractivity contribution in [2.24, 2.45) is 9.98 Å². The summed E-state index contributed by atoms with van der Waals surface area (Å²) in [5.41, 5.74) is 2.43. The second-order valence-corrected chi connectivity index (χ2v) is 4.65. The minimum atomic E-state index is 0.584. The Labute approximate surface area is 128 Å². The van der Waals surface area contributed by atoms with E-state index in [1.165, 1.54) is 12.8 Å². The van der Waals surface area contributed by atoms with Crippen LogP contribution in [0, 0.1) is 11.3 Å². The van der Waals surface area contributed by atoms with Crippen molar-refractivity contribution in [2.45, 2.75) is 46.5 Å². The zero-order valence-corrected chi connectivity index (χ0v) is 13.3. The van der Waals surface area contributed by atoms with E-state index in [9.17, 15) is 0 Å². The van der Waals surface area contributed by atoms with Crippen molar-refractivity contribution >= 4 is 12.9 Å². The van der Waals surface area contributed by atoms with Crippen molar-refractivity contribution in [2.75, 3.05) is 0 Å². The summed E-state index contributed by atoms with van der Waals surface area (Å²) in [4.78, 5) is 8.20. The van der Waals surface area contributed by atoms with E-state index in [0.29, 0.717) is 5.57 Å². The molecule has 112 valence electrons. The lowest BCUT2D eigenvalue weighted by atomic mass is 10.1. The third-order valence-corrected chi connectivity index (χ3v) is 2.72. The third kappa shape index (κ3) is 10.3. The van der Waals surface area contributed by atoms with Crippen molar-refractivity contribution in [3.05, 3.63) is 47.3 Å². The number of hydrogen-bond donors (Lipinski definition) is 0. The molecule has 0 saturated heterocycles. The Morgan fingerprint density at radius 3 is 2.67 bits per heavy atom. The first-order valence-corrected chi connectivity index (χ1v) is 7.28. The van der Waals surface area contributed by atoms with Gasteiger partial charge in [-0.2, -0.15) is 5.26 Å². The molecule has 0 radical (unpaired) electrons. The predicted octanol–water partition coefficient (Wildman–Crippen LogP) is 5.15. The van der Waals surface area contributed by atoms with Crippen molar-refractivity contribution < 1.29 is 0 Å². The Balaban J connectivity index is 4.84. The molecule has 0 aromatic rings. The Morgan fingerprint density at radius 1 is 1.33 bits per heavy atom. The molecule has 0 fully saturated rings. The number of nitrogens with zero attached hydrogens (tertiary/aromatic N) is 3. The number of rotatable bonds is 9. The Kier molecular flexibility index (Phi) is 11.5. The monoisotopic (exact) mass is 283 g/mol. The highest BCUT2D eigenvalue weighted by Gasteiger charge is 1.95. The molecule has 3 heteroatoms. The van der Waals surface area contributed by atoms with Gasteiger partial charge >= 0.3 is 0 Å². The second-order valence-electron chi connectivity index (χ2n) is 4.65. The zero-order valence-electron chi connectivity index (χ0n) is 13.3. The molecule has 0 aliphatic rings. The fourth-order valence-corrected chi connectivity index (χ4v) is 1.62. The minimum Gasteiger partial charge on any atom is -0.272 e. The third-order valence-electron chi connectivity index (χ3n) is 2.72. The van der Waals surface area contributed by atoms with E-state index in [-0.39, 0.29) is 0 Å². The van der Waals surface area contributed by atoms with Gasteiger partial charge in [-0.15, -0.1) is 0 Å². The van der Waals surface area contributed by atoms with Crippen LogP contribution >= 0.6 is 0 Å². The Bertz CT molecular complexity index is 497. The topological polar surface area (TPSA) is 48.5 Å². The molecule has 0 N–H and O–H groups in total. The van der Waals surface area contributed by atoms with Crippen molar-refractivity contribution in [3.8, 4) is 6.07 Å². The van der Waals surface area contributed by atoms with Gasteiger partial charge in [0.25, 0.3) is 0 Å². The molecule has 0 aliphatic carbocycles. The summed E-state index contributed by atoms with van der Waals surface area (Å²) < 4.78 is 0. The van der Waals surface area contributed by atoms with Crippen LogP contribution in [0.2, 0.25) is 0 Å². The smallest absolute Gasteiger partial charge is 0.0992 e. The summed E-state index contributed by atoms with van der Waals surface area (Å²) >= 11 is 0.